The minimum Gasteiger partial charge on any atom is -0.507 e. The van der Waals surface area contributed by atoms with Gasteiger partial charge in [0.25, 0.3) is 5.91 Å². The number of benzene rings is 1. The number of aliphatic hydroxyl groups is 1. The number of phenols is 1. The van der Waals surface area contributed by atoms with Crippen LogP contribution in [0, 0.1) is 13.8 Å². The number of likely N-dealkylation sites (N-methyl/N-ethyl adjacent to an activating group) is 1. The quantitative estimate of drug-likeness (QED) is 0.600. The lowest BCUT2D eigenvalue weighted by Gasteiger charge is -2.16. The molecular formula is C22H26ClN5O3. The Labute approximate surface area is 185 Å². The van der Waals surface area contributed by atoms with Gasteiger partial charge in [0.05, 0.1) is 46.9 Å². The Bertz CT molecular complexity index is 1140. The highest BCUT2D eigenvalue weighted by atomic mass is 35.5. The molecule has 1 fully saturated rings. The Hall–Kier alpha value is -2.68. The number of hydrogen-bond acceptors (Lipinski definition) is 6. The minimum absolute atomic E-state index is 0.0159. The number of carbonyl (C=O) groups is 1. The monoisotopic (exact) mass is 443 g/mol. The van der Waals surface area contributed by atoms with Crippen molar-refractivity contribution in [2.75, 3.05) is 20.1 Å². The molecule has 1 unspecified atom stereocenters. The number of nitrogens with zero attached hydrogens (tertiary/aromatic N) is 5. The van der Waals surface area contributed by atoms with Crippen LogP contribution in [0.4, 0.5) is 0 Å². The molecule has 0 bridgehead atoms. The average Bonchev–Trinajstić information content (AvgIpc) is 3.42. The largest absolute Gasteiger partial charge is 0.507 e. The highest BCUT2D eigenvalue weighted by Gasteiger charge is 2.31. The van der Waals surface area contributed by atoms with Gasteiger partial charge in [0, 0.05) is 18.7 Å². The maximum absolute atomic E-state index is 12.6. The first kappa shape index (κ1) is 21.5. The van der Waals surface area contributed by atoms with Crippen molar-refractivity contribution >= 4 is 23.2 Å². The normalized spacial score (nSPS) is 18.2. The van der Waals surface area contributed by atoms with Crippen LogP contribution < -0.4 is 0 Å². The van der Waals surface area contributed by atoms with Gasteiger partial charge in [0.1, 0.15) is 5.75 Å². The van der Waals surface area contributed by atoms with Gasteiger partial charge >= 0.3 is 0 Å². The van der Waals surface area contributed by atoms with E-state index in [4.69, 9.17) is 16.7 Å². The van der Waals surface area contributed by atoms with Crippen molar-refractivity contribution in [3.63, 3.8) is 0 Å². The lowest BCUT2D eigenvalue weighted by atomic mass is 10.2. The van der Waals surface area contributed by atoms with Crippen molar-refractivity contribution < 1.29 is 15.0 Å². The van der Waals surface area contributed by atoms with E-state index in [1.54, 1.807) is 27.6 Å². The summed E-state index contributed by atoms with van der Waals surface area (Å²) >= 11 is 6.24. The summed E-state index contributed by atoms with van der Waals surface area (Å²) in [7, 11) is 2.02. The molecule has 0 spiro atoms. The molecule has 0 radical (unpaired) electrons. The molecule has 5 rings (SSSR count). The molecule has 9 heteroatoms. The Morgan fingerprint density at radius 1 is 1.23 bits per heavy atom. The zero-order valence-corrected chi connectivity index (χ0v) is 18.6. The van der Waals surface area contributed by atoms with Crippen LogP contribution in [0.25, 0.3) is 5.65 Å². The molecule has 1 aromatic carbocycles. The Morgan fingerprint density at radius 3 is 2.58 bits per heavy atom. The van der Waals surface area contributed by atoms with Crippen LogP contribution in [0.5, 0.6) is 5.75 Å². The standard InChI is InChI=1S/C17H15ClN4O2.C5H11NO/c1-9-15(18)10(2)22-16(19-9)12-7-21(8-13(12)20-22)17(24)11-5-3-4-6-14(11)23;1-6-3-2-5(7)4-6/h3-6,23H,7-8H2,1-2H3;5,7H,2-4H2,1H3. The number of phenolic OH excluding ortho intramolecular Hbond substituents is 1. The van der Waals surface area contributed by atoms with Crippen LogP contribution in [-0.4, -0.2) is 66.8 Å². The molecule has 0 saturated carbocycles. The zero-order valence-electron chi connectivity index (χ0n) is 17.8. The summed E-state index contributed by atoms with van der Waals surface area (Å²) in [4.78, 5) is 21.0. The second kappa shape index (κ2) is 8.45. The molecule has 8 nitrogen and oxygen atoms in total. The summed E-state index contributed by atoms with van der Waals surface area (Å²) in [6, 6.07) is 6.55. The van der Waals surface area contributed by atoms with Gasteiger partial charge in [-0.25, -0.2) is 9.50 Å². The second-order valence-corrected chi connectivity index (χ2v) is 8.52. The van der Waals surface area contributed by atoms with Crippen LogP contribution in [0.1, 0.15) is 39.4 Å². The third kappa shape index (κ3) is 4.11. The molecule has 1 atom stereocenters. The van der Waals surface area contributed by atoms with E-state index in [1.807, 2.05) is 20.9 Å². The molecule has 1 saturated heterocycles. The number of aliphatic hydroxyl groups excluding tert-OH is 1. The summed E-state index contributed by atoms with van der Waals surface area (Å²) < 4.78 is 1.74. The maximum atomic E-state index is 12.6. The lowest BCUT2D eigenvalue weighted by molar-refractivity contribution is 0.0746. The smallest absolute Gasteiger partial charge is 0.258 e. The summed E-state index contributed by atoms with van der Waals surface area (Å²) in [6.07, 6.45) is 0.904. The van der Waals surface area contributed by atoms with Crippen molar-refractivity contribution in [1.29, 1.82) is 0 Å². The lowest BCUT2D eigenvalue weighted by Crippen LogP contribution is -2.26. The highest BCUT2D eigenvalue weighted by molar-refractivity contribution is 6.31. The number of β-amino-alcohol motifs (C(OH)–C–C–N with tert-alkyl or cyclic N) is 1. The summed E-state index contributed by atoms with van der Waals surface area (Å²) in [6.45, 7) is 6.48. The second-order valence-electron chi connectivity index (χ2n) is 8.14. The van der Waals surface area contributed by atoms with Gasteiger partial charge in [-0.1, -0.05) is 23.7 Å². The van der Waals surface area contributed by atoms with Gasteiger partial charge in [-0.15, -0.1) is 0 Å². The number of likely N-dealkylation sites (tertiary alicyclic amines) is 1. The highest BCUT2D eigenvalue weighted by Crippen LogP contribution is 2.30. The first-order chi connectivity index (χ1) is 14.8. The van der Waals surface area contributed by atoms with Gasteiger partial charge in [-0.2, -0.15) is 5.10 Å². The van der Waals surface area contributed by atoms with E-state index in [9.17, 15) is 9.90 Å². The molecule has 3 aromatic rings. The van der Waals surface area contributed by atoms with Crippen LogP contribution in [-0.2, 0) is 13.1 Å². The van der Waals surface area contributed by atoms with Crippen LogP contribution in [0.2, 0.25) is 5.02 Å². The molecule has 0 aliphatic carbocycles. The fourth-order valence-corrected chi connectivity index (χ4v) is 4.12. The molecule has 2 aliphatic rings. The predicted octanol–water partition coefficient (Wildman–Crippen LogP) is 2.54. The molecule has 1 amide bonds. The SMILES string of the molecule is CN1CCC(O)C1.Cc1nc2c3c(nn2c(C)c1Cl)CN(C(=O)c1ccccc1O)C3. The zero-order chi connectivity index (χ0) is 22.3. The van der Waals surface area contributed by atoms with Gasteiger partial charge in [0.15, 0.2) is 5.65 Å². The number of fused-ring (bicyclic) bond motifs is 3. The number of aromatic hydroxyl groups is 1. The first-order valence-electron chi connectivity index (χ1n) is 10.2. The molecule has 4 heterocycles. The van der Waals surface area contributed by atoms with Crippen LogP contribution in [0.3, 0.4) is 0 Å². The van der Waals surface area contributed by atoms with Crippen molar-refractivity contribution in [2.24, 2.45) is 0 Å². The van der Waals surface area contributed by atoms with E-state index in [0.717, 1.165) is 47.8 Å². The third-order valence-corrected chi connectivity index (χ3v) is 6.29. The van der Waals surface area contributed by atoms with Crippen molar-refractivity contribution in [3.8, 4) is 5.75 Å². The Balaban J connectivity index is 0.000000282. The number of rotatable bonds is 1. The van der Waals surface area contributed by atoms with Crippen molar-refractivity contribution in [1.82, 2.24) is 24.4 Å². The third-order valence-electron chi connectivity index (χ3n) is 5.74. The van der Waals surface area contributed by atoms with Gasteiger partial charge < -0.3 is 20.0 Å². The van der Waals surface area contributed by atoms with E-state index in [1.165, 1.54) is 6.07 Å². The number of para-hydroxylation sites is 1. The molecule has 2 aliphatic heterocycles. The van der Waals surface area contributed by atoms with Crippen LogP contribution >= 0.6 is 11.6 Å². The number of halogens is 1. The minimum atomic E-state index is -0.216. The van der Waals surface area contributed by atoms with E-state index >= 15 is 0 Å². The van der Waals surface area contributed by atoms with Gasteiger partial charge in [-0.3, -0.25) is 4.79 Å². The fourth-order valence-electron chi connectivity index (χ4n) is 3.99. The van der Waals surface area contributed by atoms with Crippen molar-refractivity contribution in [2.45, 2.75) is 39.5 Å². The molecular weight excluding hydrogens is 418 g/mol. The van der Waals surface area contributed by atoms with E-state index in [-0.39, 0.29) is 17.8 Å². The van der Waals surface area contributed by atoms with Crippen molar-refractivity contribution in [3.05, 3.63) is 57.5 Å². The molecule has 31 heavy (non-hydrogen) atoms. The van der Waals surface area contributed by atoms with Crippen LogP contribution in [0.15, 0.2) is 24.3 Å². The summed E-state index contributed by atoms with van der Waals surface area (Å²) in [5, 5.41) is 23.9. The fraction of sp³-hybridized carbons (Fsp3) is 0.409. The number of carbonyl (C=O) groups excluding carboxylic acids is 1. The number of hydrogen-bond donors (Lipinski definition) is 2. The van der Waals surface area contributed by atoms with E-state index in [2.05, 4.69) is 15.0 Å². The Kier molecular flexibility index (Phi) is 5.88. The molecule has 2 N–H and O–H groups in total. The van der Waals surface area contributed by atoms with E-state index in [0.29, 0.717) is 23.7 Å². The summed E-state index contributed by atoms with van der Waals surface area (Å²) in [5.41, 5.74) is 4.36. The predicted molar refractivity (Wildman–Crippen MR) is 117 cm³/mol. The molecule has 2 aromatic heterocycles. The average molecular weight is 444 g/mol. The first-order valence-corrected chi connectivity index (χ1v) is 10.6. The van der Waals surface area contributed by atoms with E-state index < -0.39 is 0 Å². The van der Waals surface area contributed by atoms with Gasteiger partial charge in [-0.05, 0) is 39.4 Å². The van der Waals surface area contributed by atoms with Gasteiger partial charge in [0.2, 0.25) is 0 Å². The number of aryl methyl sites for hydroxylation is 2. The Morgan fingerprint density at radius 2 is 1.97 bits per heavy atom. The number of aromatic nitrogens is 3. The summed E-state index contributed by atoms with van der Waals surface area (Å²) in [5.74, 6) is -0.232. The molecule has 164 valence electrons. The topological polar surface area (TPSA) is 94.2 Å². The number of amides is 1. The maximum Gasteiger partial charge on any atom is 0.258 e.